The lowest BCUT2D eigenvalue weighted by Crippen LogP contribution is -2.08. The third kappa shape index (κ3) is 1.79. The predicted molar refractivity (Wildman–Crippen MR) is 60.8 cm³/mol. The minimum absolute atomic E-state index is 0.331. The molecule has 0 spiro atoms. The minimum atomic E-state index is 0.331. The molecule has 1 saturated heterocycles. The molecule has 1 aromatic rings. The topological polar surface area (TPSA) is 32.3 Å². The van der Waals surface area contributed by atoms with Crippen LogP contribution in [0.5, 0.6) is 5.75 Å². The van der Waals surface area contributed by atoms with Crippen LogP contribution in [0, 0.1) is 6.92 Å². The maximum Gasteiger partial charge on any atom is 0.130 e. The molecule has 14 heavy (non-hydrogen) atoms. The van der Waals surface area contributed by atoms with Crippen LogP contribution in [0.15, 0.2) is 16.6 Å². The van der Waals surface area contributed by atoms with E-state index in [0.717, 1.165) is 17.6 Å². The smallest absolute Gasteiger partial charge is 0.130 e. The molecule has 0 amide bonds. The van der Waals surface area contributed by atoms with Gasteiger partial charge in [0.15, 0.2) is 0 Å². The largest absolute Gasteiger partial charge is 0.507 e. The molecule has 1 unspecified atom stereocenters. The second kappa shape index (κ2) is 3.91. The standard InChI is InChI=1S/C11H14BrNO/c1-7-4-11(14)10(12)5-9(7)8-2-3-13-6-8/h4-5,8,13-14H,2-3,6H2,1H3. The lowest BCUT2D eigenvalue weighted by molar-refractivity contribution is 0.471. The Kier molecular flexibility index (Phi) is 2.79. The molecule has 1 fully saturated rings. The maximum absolute atomic E-state index is 9.50. The van der Waals surface area contributed by atoms with E-state index < -0.39 is 0 Å². The van der Waals surface area contributed by atoms with Crippen molar-refractivity contribution >= 4 is 15.9 Å². The van der Waals surface area contributed by atoms with Gasteiger partial charge in [-0.3, -0.25) is 0 Å². The molecule has 1 atom stereocenters. The number of hydrogen-bond acceptors (Lipinski definition) is 2. The summed E-state index contributed by atoms with van der Waals surface area (Å²) in [5.41, 5.74) is 2.53. The third-order valence-corrected chi connectivity index (χ3v) is 3.47. The Morgan fingerprint density at radius 2 is 2.29 bits per heavy atom. The highest BCUT2D eigenvalue weighted by molar-refractivity contribution is 9.10. The average Bonchev–Trinajstić information content (AvgIpc) is 2.64. The van der Waals surface area contributed by atoms with Crippen molar-refractivity contribution in [2.75, 3.05) is 13.1 Å². The molecule has 0 aliphatic carbocycles. The summed E-state index contributed by atoms with van der Waals surface area (Å²) in [5.74, 6) is 0.934. The van der Waals surface area contributed by atoms with Gasteiger partial charge in [-0.15, -0.1) is 0 Å². The van der Waals surface area contributed by atoms with E-state index in [1.54, 1.807) is 0 Å². The summed E-state index contributed by atoms with van der Waals surface area (Å²) in [4.78, 5) is 0. The molecule has 3 heteroatoms. The summed E-state index contributed by atoms with van der Waals surface area (Å²) in [6, 6.07) is 3.88. The Balaban J connectivity index is 2.37. The van der Waals surface area contributed by atoms with Crippen molar-refractivity contribution < 1.29 is 5.11 Å². The molecular formula is C11H14BrNO. The fourth-order valence-electron chi connectivity index (χ4n) is 2.04. The number of phenolic OH excluding ortho intramolecular Hbond substituents is 1. The number of hydrogen-bond donors (Lipinski definition) is 2. The van der Waals surface area contributed by atoms with Gasteiger partial charge in [0.1, 0.15) is 5.75 Å². The van der Waals surface area contributed by atoms with Gasteiger partial charge in [-0.1, -0.05) is 0 Å². The van der Waals surface area contributed by atoms with Gasteiger partial charge in [0, 0.05) is 6.54 Å². The first-order valence-electron chi connectivity index (χ1n) is 4.88. The fraction of sp³-hybridized carbons (Fsp3) is 0.455. The van der Waals surface area contributed by atoms with E-state index in [1.807, 2.05) is 12.1 Å². The van der Waals surface area contributed by atoms with Crippen LogP contribution in [0.25, 0.3) is 0 Å². The van der Waals surface area contributed by atoms with Crippen molar-refractivity contribution in [1.82, 2.24) is 5.32 Å². The number of halogens is 1. The summed E-state index contributed by atoms with van der Waals surface area (Å²) in [5, 5.41) is 12.9. The van der Waals surface area contributed by atoms with Crippen LogP contribution in [0.2, 0.25) is 0 Å². The van der Waals surface area contributed by atoms with E-state index >= 15 is 0 Å². The van der Waals surface area contributed by atoms with Crippen LogP contribution in [-0.4, -0.2) is 18.2 Å². The second-order valence-electron chi connectivity index (χ2n) is 3.85. The number of aryl methyl sites for hydroxylation is 1. The van der Waals surface area contributed by atoms with Gasteiger partial charge in [0.25, 0.3) is 0 Å². The summed E-state index contributed by atoms with van der Waals surface area (Å²) >= 11 is 3.36. The SMILES string of the molecule is Cc1cc(O)c(Br)cc1C1CCNC1. The summed E-state index contributed by atoms with van der Waals surface area (Å²) < 4.78 is 0.796. The van der Waals surface area contributed by atoms with Crippen LogP contribution >= 0.6 is 15.9 Å². The molecule has 1 aromatic carbocycles. The Morgan fingerprint density at radius 1 is 1.50 bits per heavy atom. The molecule has 1 heterocycles. The summed E-state index contributed by atoms with van der Waals surface area (Å²) in [6.45, 7) is 4.21. The van der Waals surface area contributed by atoms with E-state index in [0.29, 0.717) is 11.7 Å². The molecule has 0 bridgehead atoms. The molecule has 76 valence electrons. The zero-order chi connectivity index (χ0) is 10.1. The Labute approximate surface area is 92.5 Å². The van der Waals surface area contributed by atoms with Gasteiger partial charge < -0.3 is 10.4 Å². The molecule has 2 rings (SSSR count). The molecule has 2 N–H and O–H groups in total. The highest BCUT2D eigenvalue weighted by atomic mass is 79.9. The minimum Gasteiger partial charge on any atom is -0.507 e. The van der Waals surface area contributed by atoms with Crippen molar-refractivity contribution in [3.8, 4) is 5.75 Å². The van der Waals surface area contributed by atoms with Gasteiger partial charge in [-0.25, -0.2) is 0 Å². The normalized spacial score (nSPS) is 21.4. The van der Waals surface area contributed by atoms with Crippen LogP contribution in [0.3, 0.4) is 0 Å². The van der Waals surface area contributed by atoms with Crippen LogP contribution < -0.4 is 5.32 Å². The monoisotopic (exact) mass is 255 g/mol. The van der Waals surface area contributed by atoms with Crippen molar-refractivity contribution in [1.29, 1.82) is 0 Å². The van der Waals surface area contributed by atoms with Crippen LogP contribution in [0.4, 0.5) is 0 Å². The Bertz CT molecular complexity index is 345. The summed E-state index contributed by atoms with van der Waals surface area (Å²) in [6.07, 6.45) is 1.19. The fourth-order valence-corrected chi connectivity index (χ4v) is 2.40. The van der Waals surface area contributed by atoms with Gasteiger partial charge in [-0.05, 0) is 65.0 Å². The Hall–Kier alpha value is -0.540. The highest BCUT2D eigenvalue weighted by Gasteiger charge is 2.19. The molecule has 1 aliphatic rings. The van der Waals surface area contributed by atoms with Crippen molar-refractivity contribution in [3.63, 3.8) is 0 Å². The number of benzene rings is 1. The van der Waals surface area contributed by atoms with Gasteiger partial charge in [0.2, 0.25) is 0 Å². The molecule has 0 radical (unpaired) electrons. The number of nitrogens with one attached hydrogen (secondary N) is 1. The molecule has 0 aromatic heterocycles. The molecular weight excluding hydrogens is 242 g/mol. The molecule has 1 aliphatic heterocycles. The zero-order valence-corrected chi connectivity index (χ0v) is 9.76. The van der Waals surface area contributed by atoms with Crippen molar-refractivity contribution in [3.05, 3.63) is 27.7 Å². The predicted octanol–water partition coefficient (Wildman–Crippen LogP) is 2.54. The molecule has 2 nitrogen and oxygen atoms in total. The highest BCUT2D eigenvalue weighted by Crippen LogP contribution is 2.33. The van der Waals surface area contributed by atoms with Crippen molar-refractivity contribution in [2.24, 2.45) is 0 Å². The first-order chi connectivity index (χ1) is 6.68. The van der Waals surface area contributed by atoms with E-state index in [-0.39, 0.29) is 0 Å². The van der Waals surface area contributed by atoms with E-state index in [2.05, 4.69) is 28.2 Å². The Morgan fingerprint density at radius 3 is 2.93 bits per heavy atom. The van der Waals surface area contributed by atoms with Crippen LogP contribution in [0.1, 0.15) is 23.5 Å². The van der Waals surface area contributed by atoms with E-state index in [9.17, 15) is 5.11 Å². The van der Waals surface area contributed by atoms with Crippen molar-refractivity contribution in [2.45, 2.75) is 19.3 Å². The maximum atomic E-state index is 9.50. The third-order valence-electron chi connectivity index (χ3n) is 2.84. The lowest BCUT2D eigenvalue weighted by Gasteiger charge is -2.13. The quantitative estimate of drug-likeness (QED) is 0.809. The number of rotatable bonds is 1. The van der Waals surface area contributed by atoms with Gasteiger partial charge in [0.05, 0.1) is 4.47 Å². The van der Waals surface area contributed by atoms with Gasteiger partial charge >= 0.3 is 0 Å². The second-order valence-corrected chi connectivity index (χ2v) is 4.70. The van der Waals surface area contributed by atoms with E-state index in [1.165, 1.54) is 17.5 Å². The molecule has 0 saturated carbocycles. The average molecular weight is 256 g/mol. The number of aromatic hydroxyl groups is 1. The number of phenols is 1. The van der Waals surface area contributed by atoms with Crippen LogP contribution in [-0.2, 0) is 0 Å². The van der Waals surface area contributed by atoms with E-state index in [4.69, 9.17) is 0 Å². The zero-order valence-electron chi connectivity index (χ0n) is 8.18. The van der Waals surface area contributed by atoms with Gasteiger partial charge in [-0.2, -0.15) is 0 Å². The lowest BCUT2D eigenvalue weighted by atomic mass is 9.94. The first-order valence-corrected chi connectivity index (χ1v) is 5.67. The summed E-state index contributed by atoms with van der Waals surface area (Å²) in [7, 11) is 0. The first kappa shape index (κ1) is 9.99.